The molecule has 1 atom stereocenters. The van der Waals surface area contributed by atoms with E-state index in [1.807, 2.05) is 0 Å². The molecule has 2 aliphatic rings. The molecule has 1 aromatic carbocycles. The van der Waals surface area contributed by atoms with Crippen LogP contribution in [0.25, 0.3) is 5.76 Å². The monoisotopic (exact) mass is 535 g/mol. The zero-order valence-corrected chi connectivity index (χ0v) is 21.7. The standard InChI is InChI=1S/C25H27Cl2N3O6/c1-13-18(14(2)28-20(13)25(34)35-3)22(31)19-21(15-4-5-16(26)17(27)12-15)30(24(33)23(19)32)7-6-29-8-10-36-11-9-29/h4-5,12,21,28,31H,6-11H2,1-3H3/t21-/m0/s1. The second-order valence-electron chi connectivity index (χ2n) is 8.74. The Hall–Kier alpha value is -2.85. The zero-order valence-electron chi connectivity index (χ0n) is 20.2. The van der Waals surface area contributed by atoms with Gasteiger partial charge in [0.05, 0.1) is 42.0 Å². The highest BCUT2D eigenvalue weighted by Crippen LogP contribution is 2.42. The molecule has 0 spiro atoms. The fourth-order valence-corrected chi connectivity index (χ4v) is 5.07. The number of methoxy groups -OCH3 is 1. The predicted molar refractivity (Wildman–Crippen MR) is 134 cm³/mol. The van der Waals surface area contributed by atoms with E-state index >= 15 is 0 Å². The molecule has 0 aliphatic carbocycles. The van der Waals surface area contributed by atoms with E-state index in [1.54, 1.807) is 32.0 Å². The molecule has 0 radical (unpaired) electrons. The minimum atomic E-state index is -0.893. The summed E-state index contributed by atoms with van der Waals surface area (Å²) in [5.74, 6) is -2.52. The van der Waals surface area contributed by atoms with Gasteiger partial charge in [0, 0.05) is 37.4 Å². The summed E-state index contributed by atoms with van der Waals surface area (Å²) < 4.78 is 10.2. The number of likely N-dealkylation sites (tertiary alicyclic amines) is 1. The average Bonchev–Trinajstić information content (AvgIpc) is 3.31. The lowest BCUT2D eigenvalue weighted by Gasteiger charge is -2.31. The number of morpholine rings is 1. The normalized spacial score (nSPS) is 20.2. The van der Waals surface area contributed by atoms with Crippen LogP contribution in [0.4, 0.5) is 0 Å². The fourth-order valence-electron chi connectivity index (χ4n) is 4.76. The number of carbonyl (C=O) groups excluding carboxylic acids is 3. The number of hydrogen-bond donors (Lipinski definition) is 2. The molecule has 2 N–H and O–H groups in total. The van der Waals surface area contributed by atoms with Gasteiger partial charge in [-0.25, -0.2) is 4.79 Å². The van der Waals surface area contributed by atoms with E-state index in [0.29, 0.717) is 41.6 Å². The van der Waals surface area contributed by atoms with Crippen LogP contribution in [0.3, 0.4) is 0 Å². The van der Waals surface area contributed by atoms with Crippen LogP contribution in [0, 0.1) is 13.8 Å². The van der Waals surface area contributed by atoms with E-state index in [2.05, 4.69) is 9.88 Å². The van der Waals surface area contributed by atoms with Crippen molar-refractivity contribution >= 4 is 46.6 Å². The molecule has 11 heteroatoms. The number of nitrogens with zero attached hydrogens (tertiary/aromatic N) is 2. The minimum Gasteiger partial charge on any atom is -0.507 e. The molecule has 2 aromatic rings. The van der Waals surface area contributed by atoms with E-state index in [0.717, 1.165) is 13.1 Å². The van der Waals surface area contributed by atoms with Crippen LogP contribution in [0.15, 0.2) is 23.8 Å². The number of rotatable bonds is 6. The van der Waals surface area contributed by atoms with E-state index in [9.17, 15) is 19.5 Å². The molecule has 0 unspecified atom stereocenters. The van der Waals surface area contributed by atoms with Gasteiger partial charge in [-0.1, -0.05) is 29.3 Å². The molecule has 2 fully saturated rings. The predicted octanol–water partition coefficient (Wildman–Crippen LogP) is 3.48. The van der Waals surface area contributed by atoms with Crippen molar-refractivity contribution in [2.24, 2.45) is 0 Å². The number of Topliss-reactive ketones (excluding diaryl/α,β-unsaturated/α-hetero) is 1. The first-order chi connectivity index (χ1) is 17.1. The Labute approximate surface area is 218 Å². The summed E-state index contributed by atoms with van der Waals surface area (Å²) >= 11 is 12.4. The quantitative estimate of drug-likeness (QED) is 0.252. The molecular formula is C25H27Cl2N3O6. The third-order valence-electron chi connectivity index (χ3n) is 6.62. The Morgan fingerprint density at radius 1 is 1.17 bits per heavy atom. The second-order valence-corrected chi connectivity index (χ2v) is 9.55. The van der Waals surface area contributed by atoms with Crippen LogP contribution in [0.1, 0.15) is 38.9 Å². The molecule has 192 valence electrons. The van der Waals surface area contributed by atoms with Gasteiger partial charge in [0.15, 0.2) is 0 Å². The van der Waals surface area contributed by atoms with Crippen LogP contribution in [0.2, 0.25) is 10.0 Å². The number of aliphatic hydroxyl groups is 1. The molecule has 36 heavy (non-hydrogen) atoms. The number of hydrogen-bond acceptors (Lipinski definition) is 7. The fraction of sp³-hybridized carbons (Fsp3) is 0.400. The zero-order chi connectivity index (χ0) is 26.1. The maximum absolute atomic E-state index is 13.3. The third kappa shape index (κ3) is 4.76. The molecule has 1 amide bonds. The SMILES string of the molecule is COC(=O)c1[nH]c(C)c(C(O)=C2C(=O)C(=O)N(CCN3CCOCC3)[C@H]2c2ccc(Cl)c(Cl)c2)c1C. The molecule has 2 saturated heterocycles. The number of ether oxygens (including phenoxy) is 2. The number of benzene rings is 1. The van der Waals surface area contributed by atoms with Crippen molar-refractivity contribution in [3.63, 3.8) is 0 Å². The van der Waals surface area contributed by atoms with Gasteiger partial charge in [0.1, 0.15) is 11.5 Å². The summed E-state index contributed by atoms with van der Waals surface area (Å²) in [4.78, 5) is 45.3. The van der Waals surface area contributed by atoms with Crippen molar-refractivity contribution in [3.8, 4) is 0 Å². The Morgan fingerprint density at radius 2 is 1.86 bits per heavy atom. The third-order valence-corrected chi connectivity index (χ3v) is 7.36. The molecule has 2 aliphatic heterocycles. The number of aromatic amines is 1. The summed E-state index contributed by atoms with van der Waals surface area (Å²) in [6.45, 7) is 6.73. The largest absolute Gasteiger partial charge is 0.507 e. The summed E-state index contributed by atoms with van der Waals surface area (Å²) in [6, 6.07) is 3.96. The highest BCUT2D eigenvalue weighted by Gasteiger charge is 2.46. The van der Waals surface area contributed by atoms with E-state index in [1.165, 1.54) is 12.0 Å². The number of carbonyl (C=O) groups is 3. The van der Waals surface area contributed by atoms with Gasteiger partial charge in [0.25, 0.3) is 11.7 Å². The van der Waals surface area contributed by atoms with Crippen LogP contribution in [0.5, 0.6) is 0 Å². The van der Waals surface area contributed by atoms with Gasteiger partial charge >= 0.3 is 5.97 Å². The van der Waals surface area contributed by atoms with Crippen molar-refractivity contribution in [3.05, 3.63) is 61.9 Å². The smallest absolute Gasteiger partial charge is 0.354 e. The number of aryl methyl sites for hydroxylation is 1. The number of halogens is 2. The van der Waals surface area contributed by atoms with Gasteiger partial charge < -0.3 is 24.5 Å². The van der Waals surface area contributed by atoms with Crippen LogP contribution < -0.4 is 0 Å². The molecule has 9 nitrogen and oxygen atoms in total. The highest BCUT2D eigenvalue weighted by molar-refractivity contribution is 6.47. The molecule has 3 heterocycles. The molecule has 1 aromatic heterocycles. The molecule has 0 saturated carbocycles. The number of aromatic nitrogens is 1. The number of H-pyrrole nitrogens is 1. The number of ketones is 1. The van der Waals surface area contributed by atoms with Crippen molar-refractivity contribution in [1.82, 2.24) is 14.8 Å². The minimum absolute atomic E-state index is 0.0815. The lowest BCUT2D eigenvalue weighted by molar-refractivity contribution is -0.140. The highest BCUT2D eigenvalue weighted by atomic mass is 35.5. The molecule has 4 rings (SSSR count). The second kappa shape index (κ2) is 10.6. The Bertz CT molecular complexity index is 1250. The van der Waals surface area contributed by atoms with Crippen LogP contribution in [-0.2, 0) is 19.1 Å². The van der Waals surface area contributed by atoms with Gasteiger partial charge in [0.2, 0.25) is 0 Å². The van der Waals surface area contributed by atoms with Gasteiger partial charge in [-0.05, 0) is 37.1 Å². The topological polar surface area (TPSA) is 112 Å². The number of aliphatic hydroxyl groups excluding tert-OH is 1. The Morgan fingerprint density at radius 3 is 2.50 bits per heavy atom. The van der Waals surface area contributed by atoms with Crippen molar-refractivity contribution < 1.29 is 29.0 Å². The van der Waals surface area contributed by atoms with E-state index in [4.69, 9.17) is 32.7 Å². The van der Waals surface area contributed by atoms with Crippen LogP contribution in [-0.4, -0.2) is 84.1 Å². The summed E-state index contributed by atoms with van der Waals surface area (Å²) in [7, 11) is 1.25. The van der Waals surface area contributed by atoms with E-state index < -0.39 is 23.7 Å². The first-order valence-corrected chi connectivity index (χ1v) is 12.2. The lowest BCUT2D eigenvalue weighted by Crippen LogP contribution is -2.42. The number of esters is 1. The summed E-state index contributed by atoms with van der Waals surface area (Å²) in [6.07, 6.45) is 0. The van der Waals surface area contributed by atoms with Gasteiger partial charge in [-0.2, -0.15) is 0 Å². The van der Waals surface area contributed by atoms with Gasteiger partial charge in [-0.3, -0.25) is 14.5 Å². The molecule has 0 bridgehead atoms. The van der Waals surface area contributed by atoms with Gasteiger partial charge in [-0.15, -0.1) is 0 Å². The number of nitrogens with one attached hydrogen (secondary N) is 1. The first-order valence-electron chi connectivity index (χ1n) is 11.5. The Balaban J connectivity index is 1.82. The van der Waals surface area contributed by atoms with Crippen molar-refractivity contribution in [2.45, 2.75) is 19.9 Å². The first kappa shape index (κ1) is 26.2. The van der Waals surface area contributed by atoms with Crippen LogP contribution >= 0.6 is 23.2 Å². The van der Waals surface area contributed by atoms with E-state index in [-0.39, 0.29) is 34.2 Å². The van der Waals surface area contributed by atoms with Crippen molar-refractivity contribution in [2.75, 3.05) is 46.5 Å². The average molecular weight is 536 g/mol. The summed E-state index contributed by atoms with van der Waals surface area (Å²) in [5, 5.41) is 12.0. The Kier molecular flexibility index (Phi) is 7.75. The maximum Gasteiger partial charge on any atom is 0.354 e. The molecular weight excluding hydrogens is 509 g/mol. The summed E-state index contributed by atoms with van der Waals surface area (Å²) in [5.41, 5.74) is 1.74. The number of amides is 1. The maximum atomic E-state index is 13.3. The van der Waals surface area contributed by atoms with Crippen molar-refractivity contribution in [1.29, 1.82) is 0 Å². The lowest BCUT2D eigenvalue weighted by atomic mass is 9.94.